The Bertz CT molecular complexity index is 865. The van der Waals surface area contributed by atoms with Gasteiger partial charge in [0.15, 0.2) is 11.6 Å². The molecule has 0 heterocycles. The number of ketones is 2. The van der Waals surface area contributed by atoms with E-state index in [0.29, 0.717) is 16.7 Å². The Labute approximate surface area is 141 Å². The van der Waals surface area contributed by atoms with E-state index in [-0.39, 0.29) is 18.0 Å². The van der Waals surface area contributed by atoms with Gasteiger partial charge in [-0.05, 0) is 18.6 Å². The van der Waals surface area contributed by atoms with Crippen molar-refractivity contribution in [3.8, 4) is 0 Å². The molecular weight excluding hydrogens is 296 g/mol. The van der Waals surface area contributed by atoms with Crippen LogP contribution < -0.4 is 0 Å². The molecule has 0 saturated carbocycles. The molecule has 0 aromatic heterocycles. The van der Waals surface area contributed by atoms with E-state index in [0.717, 1.165) is 11.1 Å². The van der Waals surface area contributed by atoms with E-state index >= 15 is 0 Å². The second kappa shape index (κ2) is 7.05. The van der Waals surface area contributed by atoms with Gasteiger partial charge in [-0.3, -0.25) is 9.59 Å². The van der Waals surface area contributed by atoms with Gasteiger partial charge < -0.3 is 0 Å². The van der Waals surface area contributed by atoms with Crippen LogP contribution in [0.15, 0.2) is 78.9 Å². The third-order valence-corrected chi connectivity index (χ3v) is 3.99. The normalized spacial score (nSPS) is 10.4. The summed E-state index contributed by atoms with van der Waals surface area (Å²) in [6.07, 6.45) is 0.220. The Balaban J connectivity index is 1.94. The van der Waals surface area contributed by atoms with E-state index in [2.05, 4.69) is 0 Å². The molecule has 0 saturated heterocycles. The second-order valence-corrected chi connectivity index (χ2v) is 5.82. The van der Waals surface area contributed by atoms with Crippen molar-refractivity contribution in [2.45, 2.75) is 13.3 Å². The fourth-order valence-corrected chi connectivity index (χ4v) is 2.70. The van der Waals surface area contributed by atoms with Gasteiger partial charge in [0.25, 0.3) is 0 Å². The molecule has 0 aliphatic heterocycles. The SMILES string of the molecule is Cc1ccc(CC(=O)c2ccccc2)c(C(=O)c2ccccc2)c1. The maximum atomic E-state index is 12.8. The first-order chi connectivity index (χ1) is 11.6. The highest BCUT2D eigenvalue weighted by Crippen LogP contribution is 2.19. The maximum Gasteiger partial charge on any atom is 0.193 e. The first-order valence-electron chi connectivity index (χ1n) is 7.92. The molecule has 0 spiro atoms. The smallest absolute Gasteiger partial charge is 0.193 e. The van der Waals surface area contributed by atoms with Crippen LogP contribution in [0.25, 0.3) is 0 Å². The predicted octanol–water partition coefficient (Wildman–Crippen LogP) is 4.65. The molecule has 2 nitrogen and oxygen atoms in total. The first kappa shape index (κ1) is 15.9. The second-order valence-electron chi connectivity index (χ2n) is 5.82. The van der Waals surface area contributed by atoms with Gasteiger partial charge in [0.2, 0.25) is 0 Å². The van der Waals surface area contributed by atoms with Gasteiger partial charge >= 0.3 is 0 Å². The quantitative estimate of drug-likeness (QED) is 0.642. The zero-order valence-electron chi connectivity index (χ0n) is 13.5. The summed E-state index contributed by atoms with van der Waals surface area (Å²) >= 11 is 0. The van der Waals surface area contributed by atoms with Crippen molar-refractivity contribution in [2.75, 3.05) is 0 Å². The van der Waals surface area contributed by atoms with E-state index in [1.54, 1.807) is 24.3 Å². The topological polar surface area (TPSA) is 34.1 Å². The van der Waals surface area contributed by atoms with E-state index in [1.807, 2.05) is 61.5 Å². The number of carbonyl (C=O) groups excluding carboxylic acids is 2. The van der Waals surface area contributed by atoms with Gasteiger partial charge in [-0.15, -0.1) is 0 Å². The number of benzene rings is 3. The van der Waals surface area contributed by atoms with E-state index in [1.165, 1.54) is 0 Å². The monoisotopic (exact) mass is 314 g/mol. The Morgan fingerprint density at radius 2 is 1.33 bits per heavy atom. The van der Waals surface area contributed by atoms with Crippen molar-refractivity contribution in [3.63, 3.8) is 0 Å². The number of aryl methyl sites for hydroxylation is 1. The number of hydrogen-bond donors (Lipinski definition) is 0. The number of rotatable bonds is 5. The molecule has 0 radical (unpaired) electrons. The molecule has 0 unspecified atom stereocenters. The highest BCUT2D eigenvalue weighted by molar-refractivity contribution is 6.11. The lowest BCUT2D eigenvalue weighted by atomic mass is 9.92. The summed E-state index contributed by atoms with van der Waals surface area (Å²) in [4.78, 5) is 25.3. The third kappa shape index (κ3) is 3.49. The van der Waals surface area contributed by atoms with Crippen LogP contribution in [-0.4, -0.2) is 11.6 Å². The van der Waals surface area contributed by atoms with E-state index in [4.69, 9.17) is 0 Å². The highest BCUT2D eigenvalue weighted by atomic mass is 16.1. The minimum Gasteiger partial charge on any atom is -0.294 e. The lowest BCUT2D eigenvalue weighted by molar-refractivity contribution is 0.0992. The largest absolute Gasteiger partial charge is 0.294 e. The zero-order chi connectivity index (χ0) is 16.9. The Hall–Kier alpha value is -3.00. The standard InChI is InChI=1S/C22H18O2/c1-16-12-13-19(15-21(23)17-8-4-2-5-9-17)20(14-16)22(24)18-10-6-3-7-11-18/h2-14H,15H2,1H3. The Kier molecular flexibility index (Phi) is 4.66. The summed E-state index contributed by atoms with van der Waals surface area (Å²) in [5.41, 5.74) is 3.67. The molecule has 2 heteroatoms. The van der Waals surface area contributed by atoms with Crippen molar-refractivity contribution in [1.82, 2.24) is 0 Å². The molecular formula is C22H18O2. The Morgan fingerprint density at radius 3 is 1.96 bits per heavy atom. The van der Waals surface area contributed by atoms with Crippen LogP contribution in [0.4, 0.5) is 0 Å². The summed E-state index contributed by atoms with van der Waals surface area (Å²) in [5.74, 6) is -0.0308. The average molecular weight is 314 g/mol. The summed E-state index contributed by atoms with van der Waals surface area (Å²) in [7, 11) is 0. The van der Waals surface area contributed by atoms with Crippen molar-refractivity contribution < 1.29 is 9.59 Å². The van der Waals surface area contributed by atoms with Gasteiger partial charge in [-0.25, -0.2) is 0 Å². The van der Waals surface area contributed by atoms with Gasteiger partial charge in [-0.1, -0.05) is 78.4 Å². The van der Waals surface area contributed by atoms with Crippen LogP contribution in [-0.2, 0) is 6.42 Å². The fourth-order valence-electron chi connectivity index (χ4n) is 2.70. The van der Waals surface area contributed by atoms with Gasteiger partial charge in [0, 0.05) is 23.1 Å². The molecule has 0 N–H and O–H groups in total. The molecule has 0 amide bonds. The minimum atomic E-state index is -0.0461. The van der Waals surface area contributed by atoms with Crippen molar-refractivity contribution in [2.24, 2.45) is 0 Å². The molecule has 0 aliphatic carbocycles. The van der Waals surface area contributed by atoms with Gasteiger partial charge in [0.05, 0.1) is 0 Å². The molecule has 24 heavy (non-hydrogen) atoms. The van der Waals surface area contributed by atoms with Crippen molar-refractivity contribution >= 4 is 11.6 Å². The average Bonchev–Trinajstić information content (AvgIpc) is 2.64. The summed E-state index contributed by atoms with van der Waals surface area (Å²) in [5, 5.41) is 0. The molecule has 3 rings (SSSR count). The maximum absolute atomic E-state index is 12.8. The van der Waals surface area contributed by atoms with Gasteiger partial charge in [-0.2, -0.15) is 0 Å². The molecule has 3 aromatic rings. The predicted molar refractivity (Wildman–Crippen MR) is 95.5 cm³/mol. The summed E-state index contributed by atoms with van der Waals surface area (Å²) < 4.78 is 0. The van der Waals surface area contributed by atoms with E-state index < -0.39 is 0 Å². The third-order valence-electron chi connectivity index (χ3n) is 3.99. The van der Waals surface area contributed by atoms with Crippen LogP contribution in [0.2, 0.25) is 0 Å². The summed E-state index contributed by atoms with van der Waals surface area (Å²) in [6, 6.07) is 24.0. The van der Waals surface area contributed by atoms with Gasteiger partial charge in [0.1, 0.15) is 0 Å². The molecule has 0 atom stereocenters. The molecule has 0 bridgehead atoms. The Morgan fingerprint density at radius 1 is 0.750 bits per heavy atom. The lowest BCUT2D eigenvalue weighted by Crippen LogP contribution is -2.10. The first-order valence-corrected chi connectivity index (χ1v) is 7.92. The van der Waals surface area contributed by atoms with Crippen LogP contribution in [0.1, 0.15) is 37.4 Å². The zero-order valence-corrected chi connectivity index (χ0v) is 13.5. The van der Waals surface area contributed by atoms with Crippen LogP contribution >= 0.6 is 0 Å². The van der Waals surface area contributed by atoms with Crippen LogP contribution in [0.3, 0.4) is 0 Å². The molecule has 3 aromatic carbocycles. The van der Waals surface area contributed by atoms with Crippen LogP contribution in [0.5, 0.6) is 0 Å². The number of carbonyl (C=O) groups is 2. The van der Waals surface area contributed by atoms with Crippen molar-refractivity contribution in [3.05, 3.63) is 107 Å². The van der Waals surface area contributed by atoms with E-state index in [9.17, 15) is 9.59 Å². The number of Topliss-reactive ketones (excluding diaryl/α,β-unsaturated/α-hetero) is 1. The minimum absolute atomic E-state index is 0.0153. The lowest BCUT2D eigenvalue weighted by Gasteiger charge is -2.10. The molecule has 0 fully saturated rings. The van der Waals surface area contributed by atoms with Crippen molar-refractivity contribution in [1.29, 1.82) is 0 Å². The summed E-state index contributed by atoms with van der Waals surface area (Å²) in [6.45, 7) is 1.95. The highest BCUT2D eigenvalue weighted by Gasteiger charge is 2.16. The number of hydrogen-bond acceptors (Lipinski definition) is 2. The fraction of sp³-hybridized carbons (Fsp3) is 0.0909. The van der Waals surface area contributed by atoms with Crippen LogP contribution in [0, 0.1) is 6.92 Å². The molecule has 0 aliphatic rings. The molecule has 118 valence electrons.